The van der Waals surface area contributed by atoms with Crippen LogP contribution in [0.15, 0.2) is 48.1 Å². The van der Waals surface area contributed by atoms with E-state index in [0.29, 0.717) is 29.4 Å². The van der Waals surface area contributed by atoms with Crippen molar-refractivity contribution < 1.29 is 23.5 Å². The number of carboxylic acids is 1. The highest BCUT2D eigenvalue weighted by Gasteiger charge is 2.34. The van der Waals surface area contributed by atoms with Gasteiger partial charge < -0.3 is 20.6 Å². The molecule has 8 nitrogen and oxygen atoms in total. The average molecular weight is 554 g/mol. The van der Waals surface area contributed by atoms with Crippen molar-refractivity contribution in [2.75, 3.05) is 36.8 Å². The molecule has 1 atom stereocenters. The lowest BCUT2D eigenvalue weighted by molar-refractivity contribution is -0.132. The van der Waals surface area contributed by atoms with Crippen LogP contribution in [0.3, 0.4) is 0 Å². The fourth-order valence-electron chi connectivity index (χ4n) is 4.54. The molecule has 3 N–H and O–H groups in total. The van der Waals surface area contributed by atoms with Crippen LogP contribution in [0, 0.1) is 24.0 Å². The molecule has 1 aromatic carbocycles. The highest BCUT2D eigenvalue weighted by Crippen LogP contribution is 2.43. The molecular weight excluding hydrogens is 516 g/mol. The van der Waals surface area contributed by atoms with Crippen LogP contribution in [0.1, 0.15) is 57.0 Å². The highest BCUT2D eigenvalue weighted by molar-refractivity contribution is 6.02. The van der Waals surface area contributed by atoms with E-state index >= 15 is 0 Å². The molecule has 2 aromatic rings. The van der Waals surface area contributed by atoms with E-state index in [4.69, 9.17) is 4.98 Å². The van der Waals surface area contributed by atoms with E-state index in [-0.39, 0.29) is 5.57 Å². The summed E-state index contributed by atoms with van der Waals surface area (Å²) in [5.74, 6) is -3.62. The monoisotopic (exact) mass is 553 g/mol. The first-order chi connectivity index (χ1) is 19.0. The largest absolute Gasteiger partial charge is 0.478 e. The third-order valence-corrected chi connectivity index (χ3v) is 6.99. The van der Waals surface area contributed by atoms with E-state index in [9.17, 15) is 23.5 Å². The van der Waals surface area contributed by atoms with Gasteiger partial charge in [0.2, 0.25) is 11.9 Å². The van der Waals surface area contributed by atoms with Gasteiger partial charge in [0.1, 0.15) is 17.3 Å². The van der Waals surface area contributed by atoms with Gasteiger partial charge in [0.05, 0.1) is 17.0 Å². The number of amides is 1. The van der Waals surface area contributed by atoms with Crippen LogP contribution in [-0.4, -0.2) is 58.0 Å². The number of allylic oxidation sites excluding steroid dienone is 2. The van der Waals surface area contributed by atoms with Crippen LogP contribution in [-0.2, 0) is 9.59 Å². The summed E-state index contributed by atoms with van der Waals surface area (Å²) in [4.78, 5) is 36.1. The number of nitrogens with one attached hydrogen (secondary N) is 2. The summed E-state index contributed by atoms with van der Waals surface area (Å²) in [6.45, 7) is 13.5. The van der Waals surface area contributed by atoms with E-state index in [1.807, 2.05) is 19.9 Å². The molecule has 0 bridgehead atoms. The molecule has 1 aromatic heterocycles. The van der Waals surface area contributed by atoms with E-state index in [1.165, 1.54) is 12.1 Å². The molecule has 1 aliphatic rings. The van der Waals surface area contributed by atoms with Crippen molar-refractivity contribution in [3.63, 3.8) is 0 Å². The number of aromatic nitrogens is 2. The molecule has 10 heteroatoms. The van der Waals surface area contributed by atoms with E-state index in [2.05, 4.69) is 34.4 Å². The van der Waals surface area contributed by atoms with Gasteiger partial charge in [0, 0.05) is 24.1 Å². The average Bonchev–Trinajstić information content (AvgIpc) is 2.90. The molecule has 0 spiro atoms. The number of carboxylic acid groups (broad SMARTS) is 1. The summed E-state index contributed by atoms with van der Waals surface area (Å²) >= 11 is 0. The Balaban J connectivity index is 1.96. The maximum Gasteiger partial charge on any atom is 0.335 e. The topological polar surface area (TPSA) is 107 Å². The van der Waals surface area contributed by atoms with Gasteiger partial charge in [-0.2, -0.15) is 0 Å². The summed E-state index contributed by atoms with van der Waals surface area (Å²) in [6, 6.07) is 3.32. The molecule has 1 heterocycles. The van der Waals surface area contributed by atoms with Crippen LogP contribution in [0.5, 0.6) is 0 Å². The zero-order chi connectivity index (χ0) is 29.4. The van der Waals surface area contributed by atoms with Crippen LogP contribution in [0.25, 0.3) is 6.08 Å². The Morgan fingerprint density at radius 3 is 2.45 bits per heavy atom. The van der Waals surface area contributed by atoms with Crippen molar-refractivity contribution in [3.8, 4) is 0 Å². The fraction of sp³-hybridized carbons (Fsp3) is 0.400. The standard InChI is InChI=1S/C30H37F2N5O3/c1-6-37(7-2)17-9-16-33-29-34-19(3)21(12-13-25(38)35-27-23(31)10-8-11-24(27)32)26(36-29)22-18-20(28(39)40)14-15-30(22,4)5/h8,10-15,18,22H,6-7,9,16-17H2,1-5H3,(H,35,38)(H,39,40)(H,33,34,36)/b13-12-. The summed E-state index contributed by atoms with van der Waals surface area (Å²) in [7, 11) is 0. The molecule has 1 unspecified atom stereocenters. The number of anilines is 2. The Morgan fingerprint density at radius 2 is 1.82 bits per heavy atom. The van der Waals surface area contributed by atoms with Gasteiger partial charge in [-0.05, 0) is 56.6 Å². The van der Waals surface area contributed by atoms with Crippen LogP contribution < -0.4 is 10.6 Å². The van der Waals surface area contributed by atoms with E-state index in [0.717, 1.165) is 44.3 Å². The summed E-state index contributed by atoms with van der Waals surface area (Å²) in [5, 5.41) is 15.2. The minimum atomic E-state index is -1.05. The maximum absolute atomic E-state index is 14.0. The second kappa shape index (κ2) is 13.4. The maximum atomic E-state index is 14.0. The first kappa shape index (κ1) is 30.6. The molecule has 0 radical (unpaired) electrons. The SMILES string of the molecule is CCN(CC)CCCNc1nc(C)c(/C=C\C(=O)Nc2c(F)cccc2F)c(C2C=C(C(=O)O)C=CC2(C)C)n1. The van der Waals surface area contributed by atoms with Crippen LogP contribution in [0.2, 0.25) is 0 Å². The summed E-state index contributed by atoms with van der Waals surface area (Å²) in [6.07, 6.45) is 8.59. The predicted molar refractivity (Wildman–Crippen MR) is 153 cm³/mol. The minimum Gasteiger partial charge on any atom is -0.478 e. The molecule has 40 heavy (non-hydrogen) atoms. The quantitative estimate of drug-likeness (QED) is 0.234. The first-order valence-corrected chi connectivity index (χ1v) is 13.4. The molecule has 1 amide bonds. The van der Waals surface area contributed by atoms with Gasteiger partial charge in [-0.25, -0.2) is 23.5 Å². The summed E-state index contributed by atoms with van der Waals surface area (Å²) in [5.41, 5.74) is 0.716. The van der Waals surface area contributed by atoms with Crippen molar-refractivity contribution in [3.05, 3.63) is 76.7 Å². The molecular formula is C30H37F2N5O3. The number of para-hydroxylation sites is 1. The van der Waals surface area contributed by atoms with Crippen LogP contribution >= 0.6 is 0 Å². The number of hydrogen-bond donors (Lipinski definition) is 3. The van der Waals surface area contributed by atoms with Crippen molar-refractivity contribution in [1.82, 2.24) is 14.9 Å². The smallest absolute Gasteiger partial charge is 0.335 e. The molecule has 1 aliphatic carbocycles. The number of aryl methyl sites for hydroxylation is 1. The third kappa shape index (κ3) is 7.59. The van der Waals surface area contributed by atoms with Crippen LogP contribution in [0.4, 0.5) is 20.4 Å². The molecule has 0 saturated carbocycles. The zero-order valence-electron chi connectivity index (χ0n) is 23.6. The lowest BCUT2D eigenvalue weighted by atomic mass is 9.72. The molecule has 0 saturated heterocycles. The normalized spacial score (nSPS) is 16.3. The Bertz CT molecular complexity index is 1310. The van der Waals surface area contributed by atoms with Crippen molar-refractivity contribution in [2.45, 2.75) is 47.0 Å². The Hall–Kier alpha value is -3.92. The molecule has 0 aliphatic heterocycles. The van der Waals surface area contributed by atoms with Gasteiger partial charge >= 0.3 is 5.97 Å². The van der Waals surface area contributed by atoms with Gasteiger partial charge in [-0.3, -0.25) is 4.79 Å². The predicted octanol–water partition coefficient (Wildman–Crippen LogP) is 5.55. The third-order valence-electron chi connectivity index (χ3n) is 6.99. The number of aliphatic carboxylic acids is 1. The zero-order valence-corrected chi connectivity index (χ0v) is 23.6. The number of hydrogen-bond acceptors (Lipinski definition) is 6. The Kier molecular flexibility index (Phi) is 10.3. The Labute approximate surface area is 233 Å². The van der Waals surface area contributed by atoms with E-state index in [1.54, 1.807) is 19.1 Å². The first-order valence-electron chi connectivity index (χ1n) is 13.4. The van der Waals surface area contributed by atoms with E-state index < -0.39 is 40.5 Å². The number of carbonyl (C=O) groups excluding carboxylic acids is 1. The number of carbonyl (C=O) groups is 2. The second-order valence-corrected chi connectivity index (χ2v) is 10.2. The molecule has 214 valence electrons. The fourth-order valence-corrected chi connectivity index (χ4v) is 4.54. The number of benzene rings is 1. The summed E-state index contributed by atoms with van der Waals surface area (Å²) < 4.78 is 28.0. The lowest BCUT2D eigenvalue weighted by Gasteiger charge is -2.33. The van der Waals surface area contributed by atoms with Gasteiger partial charge in [0.15, 0.2) is 0 Å². The Morgan fingerprint density at radius 1 is 1.15 bits per heavy atom. The second-order valence-electron chi connectivity index (χ2n) is 10.2. The number of halogens is 2. The minimum absolute atomic E-state index is 0.136. The van der Waals surface area contributed by atoms with Gasteiger partial charge in [0.25, 0.3) is 0 Å². The van der Waals surface area contributed by atoms with Crippen molar-refractivity contribution in [1.29, 1.82) is 0 Å². The molecule has 3 rings (SSSR count). The number of nitrogens with zero attached hydrogens (tertiary/aromatic N) is 3. The highest BCUT2D eigenvalue weighted by atomic mass is 19.1. The van der Waals surface area contributed by atoms with Crippen molar-refractivity contribution in [2.24, 2.45) is 5.41 Å². The van der Waals surface area contributed by atoms with Gasteiger partial charge in [-0.1, -0.05) is 52.0 Å². The van der Waals surface area contributed by atoms with Gasteiger partial charge in [-0.15, -0.1) is 0 Å². The lowest BCUT2D eigenvalue weighted by Crippen LogP contribution is -2.26. The molecule has 0 fully saturated rings. The number of rotatable bonds is 12. The van der Waals surface area contributed by atoms with Crippen molar-refractivity contribution >= 4 is 29.6 Å².